The van der Waals surface area contributed by atoms with E-state index in [2.05, 4.69) is 46.3 Å². The molecule has 1 saturated heterocycles. The lowest BCUT2D eigenvalue weighted by Gasteiger charge is -2.36. The van der Waals surface area contributed by atoms with Gasteiger partial charge in [0.05, 0.1) is 12.5 Å². The third kappa shape index (κ3) is 6.67. The molecule has 1 aliphatic rings. The van der Waals surface area contributed by atoms with Gasteiger partial charge in [-0.15, -0.1) is 0 Å². The van der Waals surface area contributed by atoms with Crippen LogP contribution in [-0.2, 0) is 4.79 Å². The fourth-order valence-corrected chi connectivity index (χ4v) is 3.08. The highest BCUT2D eigenvalue weighted by atomic mass is 16.3. The molecule has 140 valence electrons. The first kappa shape index (κ1) is 19.7. The molecule has 0 bridgehead atoms. The third-order valence-electron chi connectivity index (χ3n) is 4.88. The van der Waals surface area contributed by atoms with Crippen LogP contribution in [0.1, 0.15) is 32.3 Å². The summed E-state index contributed by atoms with van der Waals surface area (Å²) in [5.74, 6) is 0.0703. The first-order valence-electron chi connectivity index (χ1n) is 9.44. The predicted molar refractivity (Wildman–Crippen MR) is 103 cm³/mol. The molecule has 1 aromatic rings. The minimum absolute atomic E-state index is 0.0505. The number of nitrogens with zero attached hydrogens (tertiary/aromatic N) is 2. The number of aliphatic hydroxyl groups excluding tert-OH is 1. The molecule has 1 amide bonds. The van der Waals surface area contributed by atoms with Crippen molar-refractivity contribution in [2.45, 2.75) is 39.7 Å². The SMILES string of the molecule is Cc1cccc(N2CCN(CCCNC(=O)CC(O)C(C)C)CC2)c1. The van der Waals surface area contributed by atoms with Crippen molar-refractivity contribution in [2.75, 3.05) is 44.2 Å². The Balaban J connectivity index is 1.60. The average Bonchev–Trinajstić information content (AvgIpc) is 2.59. The van der Waals surface area contributed by atoms with Crippen molar-refractivity contribution < 1.29 is 9.90 Å². The third-order valence-corrected chi connectivity index (χ3v) is 4.88. The van der Waals surface area contributed by atoms with Gasteiger partial charge < -0.3 is 15.3 Å². The van der Waals surface area contributed by atoms with Gasteiger partial charge in [-0.25, -0.2) is 0 Å². The molecule has 0 spiro atoms. The Morgan fingerprint density at radius 2 is 1.96 bits per heavy atom. The van der Waals surface area contributed by atoms with Gasteiger partial charge in [0.1, 0.15) is 0 Å². The molecule has 1 aromatic carbocycles. The lowest BCUT2D eigenvalue weighted by Crippen LogP contribution is -2.47. The minimum atomic E-state index is -0.547. The van der Waals surface area contributed by atoms with Crippen molar-refractivity contribution in [3.8, 4) is 0 Å². The summed E-state index contributed by atoms with van der Waals surface area (Å²) in [6, 6.07) is 8.69. The summed E-state index contributed by atoms with van der Waals surface area (Å²) in [7, 11) is 0. The van der Waals surface area contributed by atoms with Crippen LogP contribution in [0.4, 0.5) is 5.69 Å². The van der Waals surface area contributed by atoms with Crippen molar-refractivity contribution in [2.24, 2.45) is 5.92 Å². The highest BCUT2D eigenvalue weighted by Crippen LogP contribution is 2.17. The van der Waals surface area contributed by atoms with Crippen LogP contribution >= 0.6 is 0 Å². The lowest BCUT2D eigenvalue weighted by molar-refractivity contribution is -0.123. The van der Waals surface area contributed by atoms with Gasteiger partial charge in [-0.1, -0.05) is 26.0 Å². The summed E-state index contributed by atoms with van der Waals surface area (Å²) in [6.45, 7) is 11.9. The van der Waals surface area contributed by atoms with Gasteiger partial charge in [0.2, 0.25) is 5.91 Å². The highest BCUT2D eigenvalue weighted by molar-refractivity contribution is 5.76. The molecule has 1 aliphatic heterocycles. The number of hydrogen-bond donors (Lipinski definition) is 2. The van der Waals surface area contributed by atoms with Crippen LogP contribution in [0, 0.1) is 12.8 Å². The van der Waals surface area contributed by atoms with E-state index in [4.69, 9.17) is 0 Å². The molecule has 0 aliphatic carbocycles. The summed E-state index contributed by atoms with van der Waals surface area (Å²) in [5, 5.41) is 12.6. The number of hydrogen-bond acceptors (Lipinski definition) is 4. The van der Waals surface area contributed by atoms with E-state index < -0.39 is 6.10 Å². The quantitative estimate of drug-likeness (QED) is 0.707. The van der Waals surface area contributed by atoms with E-state index >= 15 is 0 Å². The van der Waals surface area contributed by atoms with E-state index in [9.17, 15) is 9.90 Å². The van der Waals surface area contributed by atoms with Gasteiger partial charge >= 0.3 is 0 Å². The van der Waals surface area contributed by atoms with Crippen molar-refractivity contribution >= 4 is 11.6 Å². The number of benzene rings is 1. The molecule has 1 heterocycles. The maximum atomic E-state index is 11.7. The average molecular weight is 348 g/mol. The maximum Gasteiger partial charge on any atom is 0.222 e. The van der Waals surface area contributed by atoms with Crippen LogP contribution < -0.4 is 10.2 Å². The van der Waals surface area contributed by atoms with E-state index in [0.29, 0.717) is 6.54 Å². The molecule has 1 atom stereocenters. The number of anilines is 1. The molecule has 1 fully saturated rings. The van der Waals surface area contributed by atoms with Crippen molar-refractivity contribution in [1.82, 2.24) is 10.2 Å². The number of nitrogens with one attached hydrogen (secondary N) is 1. The topological polar surface area (TPSA) is 55.8 Å². The highest BCUT2D eigenvalue weighted by Gasteiger charge is 2.17. The summed E-state index contributed by atoms with van der Waals surface area (Å²) in [6.07, 6.45) is 0.607. The molecule has 1 unspecified atom stereocenters. The number of carbonyl (C=O) groups is 1. The molecule has 25 heavy (non-hydrogen) atoms. The minimum Gasteiger partial charge on any atom is -0.392 e. The van der Waals surface area contributed by atoms with E-state index in [-0.39, 0.29) is 18.2 Å². The zero-order chi connectivity index (χ0) is 18.2. The van der Waals surface area contributed by atoms with Gasteiger partial charge in [-0.3, -0.25) is 9.69 Å². The van der Waals surface area contributed by atoms with E-state index in [0.717, 1.165) is 39.1 Å². The van der Waals surface area contributed by atoms with Gasteiger partial charge in [-0.05, 0) is 43.5 Å². The second kappa shape index (κ2) is 9.78. The maximum absolute atomic E-state index is 11.7. The number of aliphatic hydroxyl groups is 1. The zero-order valence-electron chi connectivity index (χ0n) is 15.9. The molecule has 5 nitrogen and oxygen atoms in total. The second-order valence-corrected chi connectivity index (χ2v) is 7.39. The summed E-state index contributed by atoms with van der Waals surface area (Å²) >= 11 is 0. The van der Waals surface area contributed by atoms with Crippen LogP contribution in [0.25, 0.3) is 0 Å². The van der Waals surface area contributed by atoms with Crippen molar-refractivity contribution in [3.63, 3.8) is 0 Å². The van der Waals surface area contributed by atoms with E-state index in [1.54, 1.807) is 0 Å². The van der Waals surface area contributed by atoms with Gasteiger partial charge in [0, 0.05) is 38.4 Å². The number of amides is 1. The van der Waals surface area contributed by atoms with Crippen LogP contribution in [0.3, 0.4) is 0 Å². The van der Waals surface area contributed by atoms with Crippen molar-refractivity contribution in [3.05, 3.63) is 29.8 Å². The number of aryl methyl sites for hydroxylation is 1. The molecule has 0 aromatic heterocycles. The number of rotatable bonds is 8. The first-order chi connectivity index (χ1) is 12.0. The molecule has 0 radical (unpaired) electrons. The van der Waals surface area contributed by atoms with Crippen LogP contribution in [0.15, 0.2) is 24.3 Å². The first-order valence-corrected chi connectivity index (χ1v) is 9.44. The van der Waals surface area contributed by atoms with E-state index in [1.165, 1.54) is 11.3 Å². The Morgan fingerprint density at radius 3 is 2.60 bits per heavy atom. The standard InChI is InChI=1S/C20H33N3O2/c1-16(2)19(24)15-20(25)21-8-5-9-22-10-12-23(13-11-22)18-7-4-6-17(3)14-18/h4,6-7,14,16,19,24H,5,8-13,15H2,1-3H3,(H,21,25). The molecular weight excluding hydrogens is 314 g/mol. The lowest BCUT2D eigenvalue weighted by atomic mass is 10.0. The molecule has 2 N–H and O–H groups in total. The van der Waals surface area contributed by atoms with Crippen molar-refractivity contribution in [1.29, 1.82) is 0 Å². The smallest absolute Gasteiger partial charge is 0.222 e. The monoisotopic (exact) mass is 347 g/mol. The van der Waals surface area contributed by atoms with Crippen LogP contribution in [-0.4, -0.2) is 61.3 Å². The zero-order valence-corrected chi connectivity index (χ0v) is 15.9. The Labute approximate surface area is 152 Å². The predicted octanol–water partition coefficient (Wildman–Crippen LogP) is 2.03. The summed E-state index contributed by atoms with van der Waals surface area (Å²) < 4.78 is 0. The Hall–Kier alpha value is -1.59. The Kier molecular flexibility index (Phi) is 7.72. The largest absolute Gasteiger partial charge is 0.392 e. The fraction of sp³-hybridized carbons (Fsp3) is 0.650. The fourth-order valence-electron chi connectivity index (χ4n) is 3.08. The summed E-state index contributed by atoms with van der Waals surface area (Å²) in [5.41, 5.74) is 2.62. The van der Waals surface area contributed by atoms with E-state index in [1.807, 2.05) is 13.8 Å². The number of carbonyl (C=O) groups excluding carboxylic acids is 1. The summed E-state index contributed by atoms with van der Waals surface area (Å²) in [4.78, 5) is 16.6. The molecule has 5 heteroatoms. The normalized spacial score (nSPS) is 16.9. The molecular formula is C20H33N3O2. The van der Waals surface area contributed by atoms with Gasteiger partial charge in [-0.2, -0.15) is 0 Å². The second-order valence-electron chi connectivity index (χ2n) is 7.39. The van der Waals surface area contributed by atoms with Gasteiger partial charge in [0.25, 0.3) is 0 Å². The van der Waals surface area contributed by atoms with Gasteiger partial charge in [0.15, 0.2) is 0 Å². The molecule has 0 saturated carbocycles. The Morgan fingerprint density at radius 1 is 1.24 bits per heavy atom. The molecule has 2 rings (SSSR count). The van der Waals surface area contributed by atoms with Crippen LogP contribution in [0.2, 0.25) is 0 Å². The van der Waals surface area contributed by atoms with Crippen LogP contribution in [0.5, 0.6) is 0 Å². The Bertz CT molecular complexity index is 539. The number of piperazine rings is 1.